The third-order valence-electron chi connectivity index (χ3n) is 5.54. The lowest BCUT2D eigenvalue weighted by Gasteiger charge is -2.14. The molecule has 178 valence electrons. The summed E-state index contributed by atoms with van der Waals surface area (Å²) in [5, 5.41) is 15.5. The predicted molar refractivity (Wildman–Crippen MR) is 145 cm³/mol. The molecule has 6 nitrogen and oxygen atoms in total. The Bertz CT molecular complexity index is 1360. The van der Waals surface area contributed by atoms with E-state index in [1.54, 1.807) is 18.2 Å². The Hall–Kier alpha value is -3.61. The highest BCUT2D eigenvalue weighted by molar-refractivity contribution is 6.37. The normalized spacial score (nSPS) is 11.3. The van der Waals surface area contributed by atoms with E-state index in [-0.39, 0.29) is 6.03 Å². The fourth-order valence-corrected chi connectivity index (χ4v) is 4.19. The van der Waals surface area contributed by atoms with Crippen LogP contribution in [0.4, 0.5) is 16.2 Å². The molecule has 0 saturated heterocycles. The van der Waals surface area contributed by atoms with Crippen LogP contribution in [0.3, 0.4) is 0 Å². The minimum atomic E-state index is -0.296. The Kier molecular flexibility index (Phi) is 7.54. The van der Waals surface area contributed by atoms with Gasteiger partial charge in [-0.25, -0.2) is 4.79 Å². The third-order valence-corrected chi connectivity index (χ3v) is 6.20. The molecule has 0 saturated carbocycles. The molecule has 0 atom stereocenters. The standard InChI is InChI=1S/C27H25Cl2N5O/c1-17(2)20-7-4-5-10-24(20)31-27(35)30-19-13-11-18(12-14-19)26-33-32-25(34(26)3)16-15-21-22(28)8-6-9-23(21)29/h4-17H,1-3H3,(H2,30,31,35)/b16-15+. The third kappa shape index (κ3) is 5.73. The molecule has 2 amide bonds. The second kappa shape index (κ2) is 10.8. The van der Waals surface area contributed by atoms with Gasteiger partial charge in [-0.1, -0.05) is 61.3 Å². The van der Waals surface area contributed by atoms with Crippen LogP contribution in [-0.4, -0.2) is 20.8 Å². The molecule has 1 aromatic heterocycles. The molecule has 8 heteroatoms. The molecule has 2 N–H and O–H groups in total. The first kappa shape index (κ1) is 24.5. The van der Waals surface area contributed by atoms with Gasteiger partial charge in [-0.2, -0.15) is 0 Å². The maximum absolute atomic E-state index is 12.5. The van der Waals surface area contributed by atoms with Crippen molar-refractivity contribution in [3.63, 3.8) is 0 Å². The first-order chi connectivity index (χ1) is 16.8. The number of para-hydroxylation sites is 1. The molecular weight excluding hydrogens is 481 g/mol. The maximum atomic E-state index is 12.5. The fraction of sp³-hybridized carbons (Fsp3) is 0.148. The van der Waals surface area contributed by atoms with Crippen molar-refractivity contribution in [3.05, 3.63) is 93.7 Å². The van der Waals surface area contributed by atoms with Crippen LogP contribution in [0.25, 0.3) is 23.5 Å². The zero-order valence-electron chi connectivity index (χ0n) is 19.6. The van der Waals surface area contributed by atoms with Crippen molar-refractivity contribution in [2.75, 3.05) is 10.6 Å². The number of amides is 2. The quantitative estimate of drug-likeness (QED) is 0.281. The van der Waals surface area contributed by atoms with Gasteiger partial charge >= 0.3 is 6.03 Å². The van der Waals surface area contributed by atoms with Crippen molar-refractivity contribution >= 4 is 52.8 Å². The monoisotopic (exact) mass is 505 g/mol. The number of benzene rings is 3. The van der Waals surface area contributed by atoms with Crippen molar-refractivity contribution in [2.45, 2.75) is 19.8 Å². The highest BCUT2D eigenvalue weighted by Crippen LogP contribution is 2.27. The van der Waals surface area contributed by atoms with E-state index in [4.69, 9.17) is 23.2 Å². The summed E-state index contributed by atoms with van der Waals surface area (Å²) in [7, 11) is 1.88. The van der Waals surface area contributed by atoms with Crippen LogP contribution in [0.15, 0.2) is 66.7 Å². The summed E-state index contributed by atoms with van der Waals surface area (Å²) < 4.78 is 1.87. The number of aromatic nitrogens is 3. The summed E-state index contributed by atoms with van der Waals surface area (Å²) in [5.41, 5.74) is 4.15. The Morgan fingerprint density at radius 1 is 0.886 bits per heavy atom. The largest absolute Gasteiger partial charge is 0.323 e. The van der Waals surface area contributed by atoms with E-state index in [0.717, 1.165) is 22.4 Å². The van der Waals surface area contributed by atoms with Gasteiger partial charge in [0, 0.05) is 39.6 Å². The van der Waals surface area contributed by atoms with E-state index in [0.29, 0.717) is 33.3 Å². The van der Waals surface area contributed by atoms with Crippen LogP contribution < -0.4 is 10.6 Å². The minimum Gasteiger partial charge on any atom is -0.311 e. The molecule has 3 aromatic carbocycles. The summed E-state index contributed by atoms with van der Waals surface area (Å²) in [6.45, 7) is 4.19. The number of urea groups is 1. The van der Waals surface area contributed by atoms with E-state index in [2.05, 4.69) is 34.7 Å². The first-order valence-corrected chi connectivity index (χ1v) is 11.9. The van der Waals surface area contributed by atoms with E-state index >= 15 is 0 Å². The molecule has 0 unspecified atom stereocenters. The molecule has 0 spiro atoms. The number of anilines is 2. The maximum Gasteiger partial charge on any atom is 0.323 e. The molecule has 4 aromatic rings. The fourth-order valence-electron chi connectivity index (χ4n) is 3.67. The Morgan fingerprint density at radius 2 is 1.57 bits per heavy atom. The van der Waals surface area contributed by atoms with Gasteiger partial charge in [0.05, 0.1) is 0 Å². The van der Waals surface area contributed by atoms with Gasteiger partial charge < -0.3 is 15.2 Å². The molecule has 0 fully saturated rings. The average Bonchev–Trinajstić information content (AvgIpc) is 3.19. The number of nitrogens with zero attached hydrogens (tertiary/aromatic N) is 3. The van der Waals surface area contributed by atoms with Gasteiger partial charge in [0.2, 0.25) is 0 Å². The number of hydrogen-bond acceptors (Lipinski definition) is 3. The molecule has 0 bridgehead atoms. The summed E-state index contributed by atoms with van der Waals surface area (Å²) in [4.78, 5) is 12.5. The van der Waals surface area contributed by atoms with Crippen molar-refractivity contribution in [1.29, 1.82) is 0 Å². The molecule has 0 radical (unpaired) electrons. The number of halogens is 2. The molecule has 0 aliphatic rings. The van der Waals surface area contributed by atoms with E-state index in [9.17, 15) is 4.79 Å². The van der Waals surface area contributed by atoms with Crippen LogP contribution in [0.2, 0.25) is 10.0 Å². The van der Waals surface area contributed by atoms with E-state index < -0.39 is 0 Å². The highest BCUT2D eigenvalue weighted by Gasteiger charge is 2.12. The number of rotatable bonds is 6. The second-order valence-corrected chi connectivity index (χ2v) is 9.12. The summed E-state index contributed by atoms with van der Waals surface area (Å²) in [6.07, 6.45) is 3.64. The average molecular weight is 506 g/mol. The van der Waals surface area contributed by atoms with Crippen molar-refractivity contribution in [2.24, 2.45) is 7.05 Å². The second-order valence-electron chi connectivity index (χ2n) is 8.31. The first-order valence-electron chi connectivity index (χ1n) is 11.1. The van der Waals surface area contributed by atoms with Crippen LogP contribution in [0.1, 0.15) is 36.7 Å². The molecule has 35 heavy (non-hydrogen) atoms. The SMILES string of the molecule is CC(C)c1ccccc1NC(=O)Nc1ccc(-c2nnc(/C=C/c3c(Cl)cccc3Cl)n2C)cc1. The van der Waals surface area contributed by atoms with E-state index in [1.165, 1.54) is 0 Å². The molecule has 4 rings (SSSR count). The topological polar surface area (TPSA) is 71.8 Å². The predicted octanol–water partition coefficient (Wildman–Crippen LogP) is 7.73. The summed E-state index contributed by atoms with van der Waals surface area (Å²) in [6, 6.07) is 20.3. The number of carbonyl (C=O) groups excluding carboxylic acids is 1. The summed E-state index contributed by atoms with van der Waals surface area (Å²) >= 11 is 12.5. The molecule has 1 heterocycles. The Morgan fingerprint density at radius 3 is 2.26 bits per heavy atom. The molecule has 0 aliphatic carbocycles. The Labute approximate surface area is 214 Å². The molecular formula is C27H25Cl2N5O. The van der Waals surface area contributed by atoms with Crippen LogP contribution in [-0.2, 0) is 7.05 Å². The lowest BCUT2D eigenvalue weighted by Crippen LogP contribution is -2.20. The van der Waals surface area contributed by atoms with Crippen molar-refractivity contribution < 1.29 is 4.79 Å². The zero-order chi connectivity index (χ0) is 24.9. The van der Waals surface area contributed by atoms with Gasteiger partial charge in [0.1, 0.15) is 0 Å². The van der Waals surface area contributed by atoms with Crippen LogP contribution in [0, 0.1) is 0 Å². The van der Waals surface area contributed by atoms with E-state index in [1.807, 2.05) is 72.3 Å². The van der Waals surface area contributed by atoms with Crippen LogP contribution >= 0.6 is 23.2 Å². The van der Waals surface area contributed by atoms with Crippen LogP contribution in [0.5, 0.6) is 0 Å². The zero-order valence-corrected chi connectivity index (χ0v) is 21.1. The molecule has 0 aliphatic heterocycles. The number of carbonyl (C=O) groups is 1. The van der Waals surface area contributed by atoms with Gasteiger partial charge in [0.15, 0.2) is 11.6 Å². The smallest absolute Gasteiger partial charge is 0.311 e. The van der Waals surface area contributed by atoms with Gasteiger partial charge in [-0.3, -0.25) is 0 Å². The lowest BCUT2D eigenvalue weighted by atomic mass is 10.0. The highest BCUT2D eigenvalue weighted by atomic mass is 35.5. The number of hydrogen-bond donors (Lipinski definition) is 2. The number of nitrogens with one attached hydrogen (secondary N) is 2. The van der Waals surface area contributed by atoms with Crippen molar-refractivity contribution in [3.8, 4) is 11.4 Å². The van der Waals surface area contributed by atoms with Gasteiger partial charge in [-0.15, -0.1) is 10.2 Å². The Balaban J connectivity index is 1.45. The minimum absolute atomic E-state index is 0.296. The lowest BCUT2D eigenvalue weighted by molar-refractivity contribution is 0.262. The van der Waals surface area contributed by atoms with Gasteiger partial charge in [0.25, 0.3) is 0 Å². The van der Waals surface area contributed by atoms with Gasteiger partial charge in [-0.05, 0) is 66.1 Å². The summed E-state index contributed by atoms with van der Waals surface area (Å²) in [5.74, 6) is 1.65. The van der Waals surface area contributed by atoms with Crippen molar-refractivity contribution in [1.82, 2.24) is 14.8 Å².